The van der Waals surface area contributed by atoms with Gasteiger partial charge in [0.1, 0.15) is 0 Å². The van der Waals surface area contributed by atoms with Crippen molar-refractivity contribution in [1.29, 1.82) is 0 Å². The molecule has 1 fully saturated rings. The molecule has 0 amide bonds. The van der Waals surface area contributed by atoms with Crippen LogP contribution in [-0.4, -0.2) is 12.6 Å². The molecule has 0 aromatic heterocycles. The number of carbonyl (C=O) groups excluding carboxylic acids is 1. The summed E-state index contributed by atoms with van der Waals surface area (Å²) in [4.78, 5) is 11.6. The number of hydrogen-bond acceptors (Lipinski definition) is 2. The van der Waals surface area contributed by atoms with E-state index in [1.807, 2.05) is 6.92 Å². The molecule has 2 rings (SSSR count). The van der Waals surface area contributed by atoms with E-state index in [0.717, 1.165) is 12.8 Å². The first-order valence-corrected chi connectivity index (χ1v) is 7.19. The average molecular weight is 260 g/mol. The number of rotatable bonds is 3. The molecule has 1 saturated carbocycles. The number of ether oxygens (including phenoxy) is 1. The Morgan fingerprint density at radius 3 is 2.26 bits per heavy atom. The second-order valence-corrected chi connectivity index (χ2v) is 6.49. The molecule has 0 bridgehead atoms. The fraction of sp³-hybridized carbons (Fsp3) is 0.588. The molecule has 2 nitrogen and oxygen atoms in total. The summed E-state index contributed by atoms with van der Waals surface area (Å²) in [5.74, 6) is 0.626. The Hall–Kier alpha value is -1.31. The summed E-state index contributed by atoms with van der Waals surface area (Å²) in [6, 6.07) is 8.86. The number of hydrogen-bond donors (Lipinski definition) is 0. The van der Waals surface area contributed by atoms with Gasteiger partial charge in [-0.1, -0.05) is 45.0 Å². The highest BCUT2D eigenvalue weighted by molar-refractivity contribution is 5.73. The molecule has 0 unspecified atom stereocenters. The Bertz CT molecular complexity index is 433. The first-order valence-electron chi connectivity index (χ1n) is 7.19. The molecule has 0 radical (unpaired) electrons. The molecule has 1 aromatic carbocycles. The lowest BCUT2D eigenvalue weighted by Crippen LogP contribution is -2.30. The lowest BCUT2D eigenvalue weighted by atomic mass is 9.71. The lowest BCUT2D eigenvalue weighted by Gasteiger charge is -2.34. The second-order valence-electron chi connectivity index (χ2n) is 6.49. The fourth-order valence-corrected chi connectivity index (χ4v) is 2.60. The van der Waals surface area contributed by atoms with Crippen molar-refractivity contribution in [3.8, 4) is 0 Å². The van der Waals surface area contributed by atoms with E-state index >= 15 is 0 Å². The van der Waals surface area contributed by atoms with Crippen LogP contribution in [0.15, 0.2) is 24.3 Å². The van der Waals surface area contributed by atoms with E-state index in [1.165, 1.54) is 11.1 Å². The van der Waals surface area contributed by atoms with Gasteiger partial charge in [0.25, 0.3) is 0 Å². The van der Waals surface area contributed by atoms with Gasteiger partial charge in [-0.05, 0) is 42.2 Å². The molecule has 2 heteroatoms. The van der Waals surface area contributed by atoms with Gasteiger partial charge in [-0.25, -0.2) is 0 Å². The van der Waals surface area contributed by atoms with Crippen LogP contribution in [0.1, 0.15) is 57.6 Å². The third-order valence-electron chi connectivity index (χ3n) is 4.01. The minimum atomic E-state index is -0.0231. The molecule has 0 aliphatic heterocycles. The van der Waals surface area contributed by atoms with Crippen molar-refractivity contribution < 1.29 is 9.53 Å². The van der Waals surface area contributed by atoms with E-state index in [4.69, 9.17) is 4.74 Å². The van der Waals surface area contributed by atoms with Gasteiger partial charge >= 0.3 is 5.97 Å². The molecule has 104 valence electrons. The van der Waals surface area contributed by atoms with Crippen LogP contribution in [-0.2, 0) is 14.9 Å². The summed E-state index contributed by atoms with van der Waals surface area (Å²) in [6.45, 7) is 9.02. The quantitative estimate of drug-likeness (QED) is 0.767. The van der Waals surface area contributed by atoms with E-state index in [9.17, 15) is 4.79 Å². The minimum absolute atomic E-state index is 0.0231. The van der Waals surface area contributed by atoms with Crippen LogP contribution in [0.4, 0.5) is 0 Å². The van der Waals surface area contributed by atoms with Crippen molar-refractivity contribution in [2.45, 2.75) is 51.9 Å². The van der Waals surface area contributed by atoms with Crippen molar-refractivity contribution >= 4 is 5.97 Å². The second kappa shape index (κ2) is 5.36. The van der Waals surface area contributed by atoms with Gasteiger partial charge in [-0.15, -0.1) is 0 Å². The Kier molecular flexibility index (Phi) is 3.98. The van der Waals surface area contributed by atoms with Crippen LogP contribution in [0, 0.1) is 5.92 Å². The fourth-order valence-electron chi connectivity index (χ4n) is 2.60. The van der Waals surface area contributed by atoms with Crippen molar-refractivity contribution in [2.75, 3.05) is 6.61 Å². The molecule has 0 atom stereocenters. The summed E-state index contributed by atoms with van der Waals surface area (Å²) < 4.78 is 5.05. The van der Waals surface area contributed by atoms with Gasteiger partial charge in [0.05, 0.1) is 12.5 Å². The Balaban J connectivity index is 1.94. The summed E-state index contributed by atoms with van der Waals surface area (Å²) in [6.07, 6.45) is 1.88. The molecule has 1 aliphatic rings. The average Bonchev–Trinajstić information content (AvgIpc) is 2.27. The van der Waals surface area contributed by atoms with Crippen molar-refractivity contribution in [1.82, 2.24) is 0 Å². The smallest absolute Gasteiger partial charge is 0.308 e. The normalized spacial score (nSPS) is 22.7. The summed E-state index contributed by atoms with van der Waals surface area (Å²) in [5, 5.41) is 0. The molecule has 19 heavy (non-hydrogen) atoms. The maximum absolute atomic E-state index is 11.6. The standard InChI is InChI=1S/C17H24O2/c1-5-19-16(18)14-10-13(11-14)12-6-8-15(9-7-12)17(2,3)4/h6-9,13-14H,5,10-11H2,1-4H3. The van der Waals surface area contributed by atoms with Crippen LogP contribution < -0.4 is 0 Å². The zero-order valence-corrected chi connectivity index (χ0v) is 12.4. The number of esters is 1. The van der Waals surface area contributed by atoms with Crippen LogP contribution in [0.3, 0.4) is 0 Å². The van der Waals surface area contributed by atoms with Crippen LogP contribution in [0.2, 0.25) is 0 Å². The Labute approximate surface area is 116 Å². The van der Waals surface area contributed by atoms with Gasteiger partial charge in [0.15, 0.2) is 0 Å². The summed E-state index contributed by atoms with van der Waals surface area (Å²) in [5.41, 5.74) is 2.91. The number of benzene rings is 1. The van der Waals surface area contributed by atoms with E-state index in [-0.39, 0.29) is 17.3 Å². The molecule has 0 heterocycles. The predicted octanol–water partition coefficient (Wildman–Crippen LogP) is 4.04. The van der Waals surface area contributed by atoms with Gasteiger partial charge < -0.3 is 4.74 Å². The Morgan fingerprint density at radius 2 is 1.79 bits per heavy atom. The zero-order valence-electron chi connectivity index (χ0n) is 12.4. The molecule has 1 aromatic rings. The maximum atomic E-state index is 11.6. The first kappa shape index (κ1) is 14.1. The molecular weight excluding hydrogens is 236 g/mol. The lowest BCUT2D eigenvalue weighted by molar-refractivity contribution is -0.151. The molecule has 0 saturated heterocycles. The third kappa shape index (κ3) is 3.17. The van der Waals surface area contributed by atoms with Gasteiger partial charge in [0, 0.05) is 0 Å². The highest BCUT2D eigenvalue weighted by Gasteiger charge is 2.36. The number of carbonyl (C=O) groups is 1. The molecule has 1 aliphatic carbocycles. The van der Waals surface area contributed by atoms with Gasteiger partial charge in [-0.2, -0.15) is 0 Å². The van der Waals surface area contributed by atoms with Gasteiger partial charge in [0.2, 0.25) is 0 Å². The van der Waals surface area contributed by atoms with Crippen LogP contribution >= 0.6 is 0 Å². The molecule has 0 spiro atoms. The largest absolute Gasteiger partial charge is 0.466 e. The van der Waals surface area contributed by atoms with E-state index in [1.54, 1.807) is 0 Å². The summed E-state index contributed by atoms with van der Waals surface area (Å²) >= 11 is 0. The van der Waals surface area contributed by atoms with Crippen molar-refractivity contribution in [3.63, 3.8) is 0 Å². The maximum Gasteiger partial charge on any atom is 0.308 e. The van der Waals surface area contributed by atoms with E-state index in [0.29, 0.717) is 12.5 Å². The Morgan fingerprint density at radius 1 is 1.21 bits per heavy atom. The van der Waals surface area contributed by atoms with Crippen LogP contribution in [0.25, 0.3) is 0 Å². The van der Waals surface area contributed by atoms with Crippen molar-refractivity contribution in [3.05, 3.63) is 35.4 Å². The first-order chi connectivity index (χ1) is 8.91. The predicted molar refractivity (Wildman–Crippen MR) is 77.2 cm³/mol. The van der Waals surface area contributed by atoms with E-state index < -0.39 is 0 Å². The zero-order chi connectivity index (χ0) is 14.0. The summed E-state index contributed by atoms with van der Waals surface area (Å²) in [7, 11) is 0. The van der Waals surface area contributed by atoms with Crippen molar-refractivity contribution in [2.24, 2.45) is 5.92 Å². The van der Waals surface area contributed by atoms with Gasteiger partial charge in [-0.3, -0.25) is 4.79 Å². The topological polar surface area (TPSA) is 26.3 Å². The third-order valence-corrected chi connectivity index (χ3v) is 4.01. The van der Waals surface area contributed by atoms with E-state index in [2.05, 4.69) is 45.0 Å². The SMILES string of the molecule is CCOC(=O)C1CC(c2ccc(C(C)(C)C)cc2)C1. The highest BCUT2D eigenvalue weighted by Crippen LogP contribution is 2.42. The minimum Gasteiger partial charge on any atom is -0.466 e. The molecular formula is C17H24O2. The van der Waals surface area contributed by atoms with Crippen LogP contribution in [0.5, 0.6) is 0 Å². The molecule has 0 N–H and O–H groups in total. The highest BCUT2D eigenvalue weighted by atomic mass is 16.5. The monoisotopic (exact) mass is 260 g/mol.